The molecule has 3 rings (SSSR count). The quantitative estimate of drug-likeness (QED) is 0.671. The number of pyridine rings is 1. The van der Waals surface area contributed by atoms with Crippen LogP contribution in [-0.4, -0.2) is 15.0 Å². The van der Waals surface area contributed by atoms with E-state index in [1.54, 1.807) is 6.33 Å². The van der Waals surface area contributed by atoms with Crippen LogP contribution in [0.25, 0.3) is 22.1 Å². The topological polar surface area (TPSA) is 41.6 Å². The van der Waals surface area contributed by atoms with Crippen molar-refractivity contribution in [1.29, 1.82) is 0 Å². The Kier molecular flexibility index (Phi) is 1.93. The predicted octanol–water partition coefficient (Wildman–Crippen LogP) is 3.23. The molecule has 0 atom stereocenters. The van der Waals surface area contributed by atoms with Gasteiger partial charge in [-0.3, -0.25) is 0 Å². The zero-order valence-corrected chi connectivity index (χ0v) is 9.36. The van der Waals surface area contributed by atoms with Crippen LogP contribution >= 0.6 is 0 Å². The van der Waals surface area contributed by atoms with Crippen LogP contribution in [0.1, 0.15) is 25.3 Å². The van der Waals surface area contributed by atoms with E-state index in [0.29, 0.717) is 5.92 Å². The molecule has 0 saturated carbocycles. The third kappa shape index (κ3) is 1.36. The van der Waals surface area contributed by atoms with E-state index in [9.17, 15) is 0 Å². The standard InChI is InChI=1S/C13H13N3/c1-8(2)9-3-4-10-6-12-13(15-7-14-12)16-11(10)5-9/h3-8H,1-2H3,(H,14,15,16). The summed E-state index contributed by atoms with van der Waals surface area (Å²) < 4.78 is 0. The molecule has 3 heteroatoms. The van der Waals surface area contributed by atoms with Gasteiger partial charge in [0, 0.05) is 5.39 Å². The van der Waals surface area contributed by atoms with Crippen molar-refractivity contribution in [3.8, 4) is 0 Å². The molecular weight excluding hydrogens is 198 g/mol. The molecule has 16 heavy (non-hydrogen) atoms. The molecule has 0 radical (unpaired) electrons. The van der Waals surface area contributed by atoms with Crippen LogP contribution in [0.2, 0.25) is 0 Å². The van der Waals surface area contributed by atoms with Crippen LogP contribution in [-0.2, 0) is 0 Å². The van der Waals surface area contributed by atoms with Gasteiger partial charge in [-0.2, -0.15) is 0 Å². The van der Waals surface area contributed by atoms with Crippen molar-refractivity contribution in [1.82, 2.24) is 15.0 Å². The highest BCUT2D eigenvalue weighted by Gasteiger charge is 2.04. The van der Waals surface area contributed by atoms with Crippen molar-refractivity contribution in [2.45, 2.75) is 19.8 Å². The largest absolute Gasteiger partial charge is 0.329 e. The maximum Gasteiger partial charge on any atom is 0.157 e. The number of hydrogen-bond acceptors (Lipinski definition) is 2. The molecule has 0 aliphatic carbocycles. The molecule has 2 aromatic heterocycles. The highest BCUT2D eigenvalue weighted by atomic mass is 14.9. The minimum absolute atomic E-state index is 0.531. The van der Waals surface area contributed by atoms with E-state index in [-0.39, 0.29) is 0 Å². The van der Waals surface area contributed by atoms with Gasteiger partial charge in [-0.05, 0) is 23.6 Å². The molecule has 1 N–H and O–H groups in total. The van der Waals surface area contributed by atoms with Gasteiger partial charge < -0.3 is 4.98 Å². The molecule has 0 bridgehead atoms. The van der Waals surface area contributed by atoms with Crippen molar-refractivity contribution in [2.24, 2.45) is 0 Å². The van der Waals surface area contributed by atoms with Gasteiger partial charge in [0.15, 0.2) is 5.65 Å². The summed E-state index contributed by atoms with van der Waals surface area (Å²) in [4.78, 5) is 11.8. The van der Waals surface area contributed by atoms with Crippen molar-refractivity contribution in [3.63, 3.8) is 0 Å². The Balaban J connectivity index is 2.33. The summed E-state index contributed by atoms with van der Waals surface area (Å²) in [5, 5.41) is 1.14. The predicted molar refractivity (Wildman–Crippen MR) is 65.5 cm³/mol. The minimum Gasteiger partial charge on any atom is -0.329 e. The molecule has 3 nitrogen and oxygen atoms in total. The molecular formula is C13H13N3. The van der Waals surface area contributed by atoms with Crippen LogP contribution in [0, 0.1) is 0 Å². The number of aromatic amines is 1. The summed E-state index contributed by atoms with van der Waals surface area (Å²) in [6.07, 6.45) is 1.68. The van der Waals surface area contributed by atoms with E-state index in [1.807, 2.05) is 0 Å². The lowest BCUT2D eigenvalue weighted by atomic mass is 10.0. The Morgan fingerprint density at radius 1 is 1.12 bits per heavy atom. The number of imidazole rings is 1. The summed E-state index contributed by atoms with van der Waals surface area (Å²) in [6, 6.07) is 8.50. The maximum absolute atomic E-state index is 4.56. The van der Waals surface area contributed by atoms with E-state index >= 15 is 0 Å². The smallest absolute Gasteiger partial charge is 0.157 e. The third-order valence-corrected chi connectivity index (χ3v) is 2.89. The monoisotopic (exact) mass is 211 g/mol. The maximum atomic E-state index is 4.56. The fourth-order valence-corrected chi connectivity index (χ4v) is 1.90. The molecule has 1 aromatic carbocycles. The van der Waals surface area contributed by atoms with Crippen LogP contribution < -0.4 is 0 Å². The fraction of sp³-hybridized carbons (Fsp3) is 0.231. The van der Waals surface area contributed by atoms with E-state index < -0.39 is 0 Å². The van der Waals surface area contributed by atoms with Gasteiger partial charge in [-0.15, -0.1) is 0 Å². The first-order valence-corrected chi connectivity index (χ1v) is 5.48. The van der Waals surface area contributed by atoms with Gasteiger partial charge in [-0.1, -0.05) is 26.0 Å². The van der Waals surface area contributed by atoms with Gasteiger partial charge in [-0.25, -0.2) is 9.97 Å². The molecule has 0 fully saturated rings. The second kappa shape index (κ2) is 3.30. The van der Waals surface area contributed by atoms with E-state index in [1.165, 1.54) is 5.56 Å². The third-order valence-electron chi connectivity index (χ3n) is 2.89. The first-order valence-electron chi connectivity index (χ1n) is 5.48. The van der Waals surface area contributed by atoms with Gasteiger partial charge in [0.25, 0.3) is 0 Å². The molecule has 0 aliphatic heterocycles. The summed E-state index contributed by atoms with van der Waals surface area (Å²) in [5.74, 6) is 0.531. The average Bonchev–Trinajstić information content (AvgIpc) is 2.71. The van der Waals surface area contributed by atoms with Gasteiger partial charge in [0.05, 0.1) is 11.8 Å². The normalized spacial score (nSPS) is 11.7. The average molecular weight is 211 g/mol. The molecule has 0 spiro atoms. The number of hydrogen-bond donors (Lipinski definition) is 1. The first-order chi connectivity index (χ1) is 7.74. The van der Waals surface area contributed by atoms with Gasteiger partial charge in [0.1, 0.15) is 5.52 Å². The first kappa shape index (κ1) is 9.33. The van der Waals surface area contributed by atoms with Crippen LogP contribution in [0.15, 0.2) is 30.6 Å². The summed E-state index contributed by atoms with van der Waals surface area (Å²) in [5.41, 5.74) is 4.13. The second-order valence-electron chi connectivity index (χ2n) is 4.37. The molecule has 0 amide bonds. The van der Waals surface area contributed by atoms with Gasteiger partial charge in [0.2, 0.25) is 0 Å². The second-order valence-corrected chi connectivity index (χ2v) is 4.37. The number of nitrogens with zero attached hydrogens (tertiary/aromatic N) is 2. The van der Waals surface area contributed by atoms with Crippen LogP contribution in [0.4, 0.5) is 0 Å². The number of nitrogens with one attached hydrogen (secondary N) is 1. The van der Waals surface area contributed by atoms with Crippen LogP contribution in [0.3, 0.4) is 0 Å². The van der Waals surface area contributed by atoms with E-state index in [2.05, 4.69) is 53.1 Å². The number of fused-ring (bicyclic) bond motifs is 2. The van der Waals surface area contributed by atoms with Crippen molar-refractivity contribution in [3.05, 3.63) is 36.2 Å². The SMILES string of the molecule is CC(C)c1ccc2cc3nc[nH]c3nc2c1. The van der Waals surface area contributed by atoms with Gasteiger partial charge >= 0.3 is 0 Å². The lowest BCUT2D eigenvalue weighted by Gasteiger charge is -2.06. The Hall–Kier alpha value is -1.90. The van der Waals surface area contributed by atoms with Crippen molar-refractivity contribution < 1.29 is 0 Å². The Morgan fingerprint density at radius 2 is 2.00 bits per heavy atom. The number of aromatic nitrogens is 3. The Labute approximate surface area is 93.5 Å². The highest BCUT2D eigenvalue weighted by Crippen LogP contribution is 2.22. The van der Waals surface area contributed by atoms with Crippen molar-refractivity contribution in [2.75, 3.05) is 0 Å². The van der Waals surface area contributed by atoms with Crippen molar-refractivity contribution >= 4 is 22.1 Å². The summed E-state index contributed by atoms with van der Waals surface area (Å²) in [7, 11) is 0. The minimum atomic E-state index is 0.531. The molecule has 80 valence electrons. The number of H-pyrrole nitrogens is 1. The van der Waals surface area contributed by atoms with E-state index in [4.69, 9.17) is 0 Å². The Bertz CT molecular complexity index is 652. The molecule has 2 heterocycles. The van der Waals surface area contributed by atoms with Crippen LogP contribution in [0.5, 0.6) is 0 Å². The molecule has 0 aliphatic rings. The fourth-order valence-electron chi connectivity index (χ4n) is 1.90. The molecule has 0 unspecified atom stereocenters. The Morgan fingerprint density at radius 3 is 2.81 bits per heavy atom. The molecule has 0 saturated heterocycles. The summed E-state index contributed by atoms with van der Waals surface area (Å²) in [6.45, 7) is 4.38. The highest BCUT2D eigenvalue weighted by molar-refractivity contribution is 5.89. The lowest BCUT2D eigenvalue weighted by Crippen LogP contribution is -1.88. The number of rotatable bonds is 1. The van der Waals surface area contributed by atoms with E-state index in [0.717, 1.165) is 22.1 Å². The lowest BCUT2D eigenvalue weighted by molar-refractivity contribution is 0.868. The molecule has 3 aromatic rings. The number of benzene rings is 1. The summed E-state index contributed by atoms with van der Waals surface area (Å²) >= 11 is 0. The zero-order chi connectivity index (χ0) is 11.1. The zero-order valence-electron chi connectivity index (χ0n) is 9.36.